The first-order chi connectivity index (χ1) is 11.0. The van der Waals surface area contributed by atoms with E-state index >= 15 is 0 Å². The van der Waals surface area contributed by atoms with Crippen LogP contribution in [0.3, 0.4) is 0 Å². The van der Waals surface area contributed by atoms with Gasteiger partial charge in [-0.15, -0.1) is 11.3 Å². The minimum absolute atomic E-state index is 0.0497. The largest absolute Gasteiger partial charge is 0.396 e. The Labute approximate surface area is 139 Å². The first-order valence-electron chi connectivity index (χ1n) is 7.38. The van der Waals surface area contributed by atoms with Crippen LogP contribution in [0.25, 0.3) is 10.4 Å². The van der Waals surface area contributed by atoms with Gasteiger partial charge in [-0.3, -0.25) is 9.59 Å². The molecule has 3 N–H and O–H groups in total. The van der Waals surface area contributed by atoms with Crippen molar-refractivity contribution in [3.8, 4) is 10.4 Å². The maximum absolute atomic E-state index is 12.0. The minimum Gasteiger partial charge on any atom is -0.396 e. The molecule has 1 aromatic heterocycles. The van der Waals surface area contributed by atoms with E-state index in [2.05, 4.69) is 10.6 Å². The summed E-state index contributed by atoms with van der Waals surface area (Å²) in [6.45, 7) is 3.50. The number of rotatable bonds is 5. The summed E-state index contributed by atoms with van der Waals surface area (Å²) in [6.07, 6.45) is 0. The number of anilines is 1. The van der Waals surface area contributed by atoms with Crippen molar-refractivity contribution in [2.45, 2.75) is 19.9 Å². The Hall–Kier alpha value is -2.18. The molecule has 1 aromatic carbocycles. The summed E-state index contributed by atoms with van der Waals surface area (Å²) in [7, 11) is 0. The van der Waals surface area contributed by atoms with Crippen molar-refractivity contribution in [2.75, 3.05) is 11.9 Å². The molecular weight excluding hydrogens is 312 g/mol. The number of hydrogen-bond acceptors (Lipinski definition) is 4. The molecule has 2 aromatic rings. The molecule has 23 heavy (non-hydrogen) atoms. The second-order valence-electron chi connectivity index (χ2n) is 5.43. The van der Waals surface area contributed by atoms with Gasteiger partial charge in [-0.05, 0) is 42.0 Å². The van der Waals surface area contributed by atoms with Crippen LogP contribution in [0, 0.1) is 5.92 Å². The van der Waals surface area contributed by atoms with E-state index in [1.54, 1.807) is 31.3 Å². The van der Waals surface area contributed by atoms with Crippen LogP contribution < -0.4 is 10.6 Å². The second kappa shape index (κ2) is 7.89. The van der Waals surface area contributed by atoms with E-state index in [1.165, 1.54) is 0 Å². The van der Waals surface area contributed by atoms with Crippen LogP contribution in [0.4, 0.5) is 5.69 Å². The highest BCUT2D eigenvalue weighted by molar-refractivity contribution is 7.13. The van der Waals surface area contributed by atoms with Gasteiger partial charge in [0, 0.05) is 23.2 Å². The number of carbonyl (C=O) groups excluding carboxylic acids is 2. The number of aliphatic hydroxyl groups is 1. The van der Waals surface area contributed by atoms with Gasteiger partial charge in [0.25, 0.3) is 0 Å². The molecule has 2 unspecified atom stereocenters. The van der Waals surface area contributed by atoms with Gasteiger partial charge < -0.3 is 15.7 Å². The molecule has 2 atom stereocenters. The third-order valence-electron chi connectivity index (χ3n) is 3.63. The Balaban J connectivity index is 2.00. The molecule has 0 aliphatic carbocycles. The molecule has 0 spiro atoms. The summed E-state index contributed by atoms with van der Waals surface area (Å²) in [4.78, 5) is 25.0. The lowest BCUT2D eigenvalue weighted by Gasteiger charge is -2.18. The van der Waals surface area contributed by atoms with Gasteiger partial charge in [-0.2, -0.15) is 0 Å². The highest BCUT2D eigenvalue weighted by Gasteiger charge is 2.19. The first-order valence-corrected chi connectivity index (χ1v) is 8.26. The van der Waals surface area contributed by atoms with Gasteiger partial charge in [0.15, 0.2) is 0 Å². The molecule has 0 aliphatic heterocycles. The molecule has 0 bridgehead atoms. The average Bonchev–Trinajstić information content (AvgIpc) is 3.08. The Morgan fingerprint density at radius 2 is 1.96 bits per heavy atom. The standard InChI is InChI=1S/C17H20N2O3S/c1-11(10-20)12(2)18-16(21)17(22)19-14-6-3-5-13(9-14)15-7-4-8-23-15/h3-9,11-12,20H,10H2,1-2H3,(H,18,21)(H,19,22). The summed E-state index contributed by atoms with van der Waals surface area (Å²) in [5, 5.41) is 16.2. The van der Waals surface area contributed by atoms with Gasteiger partial charge in [-0.1, -0.05) is 25.1 Å². The lowest BCUT2D eigenvalue weighted by atomic mass is 10.1. The predicted molar refractivity (Wildman–Crippen MR) is 92.2 cm³/mol. The van der Waals surface area contributed by atoms with E-state index in [0.29, 0.717) is 5.69 Å². The van der Waals surface area contributed by atoms with Crippen LogP contribution in [0.5, 0.6) is 0 Å². The van der Waals surface area contributed by atoms with Crippen molar-refractivity contribution in [3.63, 3.8) is 0 Å². The summed E-state index contributed by atoms with van der Waals surface area (Å²) >= 11 is 1.61. The molecule has 0 saturated carbocycles. The van der Waals surface area contributed by atoms with E-state index in [9.17, 15) is 9.59 Å². The third-order valence-corrected chi connectivity index (χ3v) is 4.55. The smallest absolute Gasteiger partial charge is 0.313 e. The van der Waals surface area contributed by atoms with Crippen molar-refractivity contribution in [1.29, 1.82) is 0 Å². The van der Waals surface area contributed by atoms with Gasteiger partial charge in [-0.25, -0.2) is 0 Å². The van der Waals surface area contributed by atoms with E-state index in [0.717, 1.165) is 10.4 Å². The Morgan fingerprint density at radius 1 is 1.17 bits per heavy atom. The molecule has 122 valence electrons. The molecule has 1 heterocycles. The molecule has 0 aliphatic rings. The number of thiophene rings is 1. The fourth-order valence-electron chi connectivity index (χ4n) is 1.95. The predicted octanol–water partition coefficient (Wildman–Crippen LogP) is 2.49. The van der Waals surface area contributed by atoms with Gasteiger partial charge in [0.2, 0.25) is 0 Å². The van der Waals surface area contributed by atoms with Crippen molar-refractivity contribution in [1.82, 2.24) is 5.32 Å². The Morgan fingerprint density at radius 3 is 2.61 bits per heavy atom. The van der Waals surface area contributed by atoms with E-state index in [-0.39, 0.29) is 18.6 Å². The monoisotopic (exact) mass is 332 g/mol. The SMILES string of the molecule is CC(CO)C(C)NC(=O)C(=O)Nc1cccc(-c2cccs2)c1. The van der Waals surface area contributed by atoms with Crippen LogP contribution >= 0.6 is 11.3 Å². The van der Waals surface area contributed by atoms with Gasteiger partial charge in [0.05, 0.1) is 0 Å². The minimum atomic E-state index is -0.717. The molecular formula is C17H20N2O3S. The Kier molecular flexibility index (Phi) is 5.90. The van der Waals surface area contributed by atoms with Crippen LogP contribution in [-0.2, 0) is 9.59 Å². The van der Waals surface area contributed by atoms with Crippen LogP contribution in [-0.4, -0.2) is 29.6 Å². The van der Waals surface area contributed by atoms with E-state index < -0.39 is 11.8 Å². The second-order valence-corrected chi connectivity index (χ2v) is 6.38. The number of nitrogens with one attached hydrogen (secondary N) is 2. The number of carbonyl (C=O) groups is 2. The number of amides is 2. The Bertz CT molecular complexity index is 670. The molecule has 2 amide bonds. The molecule has 0 fully saturated rings. The maximum atomic E-state index is 12.0. The zero-order valence-electron chi connectivity index (χ0n) is 13.1. The summed E-state index contributed by atoms with van der Waals surface area (Å²) < 4.78 is 0. The summed E-state index contributed by atoms with van der Waals surface area (Å²) in [5.74, 6) is -1.54. The fraction of sp³-hybridized carbons (Fsp3) is 0.294. The summed E-state index contributed by atoms with van der Waals surface area (Å²) in [5.41, 5.74) is 1.55. The fourth-order valence-corrected chi connectivity index (χ4v) is 2.68. The number of hydrogen-bond donors (Lipinski definition) is 3. The first kappa shape index (κ1) is 17.2. The van der Waals surface area contributed by atoms with Crippen LogP contribution in [0.15, 0.2) is 41.8 Å². The average molecular weight is 332 g/mol. The van der Waals surface area contributed by atoms with Crippen molar-refractivity contribution in [2.24, 2.45) is 5.92 Å². The summed E-state index contributed by atoms with van der Waals surface area (Å²) in [6, 6.07) is 11.0. The highest BCUT2D eigenvalue weighted by Crippen LogP contribution is 2.26. The van der Waals surface area contributed by atoms with Gasteiger partial charge >= 0.3 is 11.8 Å². The molecule has 2 rings (SSSR count). The zero-order valence-corrected chi connectivity index (χ0v) is 13.9. The third kappa shape index (κ3) is 4.64. The van der Waals surface area contributed by atoms with Crippen LogP contribution in [0.1, 0.15) is 13.8 Å². The molecule has 6 heteroatoms. The molecule has 0 radical (unpaired) electrons. The van der Waals surface area contributed by atoms with E-state index in [1.807, 2.05) is 35.7 Å². The van der Waals surface area contributed by atoms with Crippen molar-refractivity contribution >= 4 is 28.8 Å². The van der Waals surface area contributed by atoms with Gasteiger partial charge in [0.1, 0.15) is 0 Å². The zero-order chi connectivity index (χ0) is 16.8. The molecule has 0 saturated heterocycles. The number of aliphatic hydroxyl groups excluding tert-OH is 1. The van der Waals surface area contributed by atoms with Crippen LogP contribution in [0.2, 0.25) is 0 Å². The van der Waals surface area contributed by atoms with Crippen molar-refractivity contribution in [3.05, 3.63) is 41.8 Å². The molecule has 5 nitrogen and oxygen atoms in total. The normalized spacial score (nSPS) is 13.2. The highest BCUT2D eigenvalue weighted by atomic mass is 32.1. The lowest BCUT2D eigenvalue weighted by molar-refractivity contribution is -0.136. The maximum Gasteiger partial charge on any atom is 0.313 e. The van der Waals surface area contributed by atoms with E-state index in [4.69, 9.17) is 5.11 Å². The topological polar surface area (TPSA) is 78.4 Å². The lowest BCUT2D eigenvalue weighted by Crippen LogP contribution is -2.43. The quantitative estimate of drug-likeness (QED) is 0.736. The number of benzene rings is 1. The van der Waals surface area contributed by atoms with Crippen molar-refractivity contribution < 1.29 is 14.7 Å².